The van der Waals surface area contributed by atoms with Crippen LogP contribution in [0.2, 0.25) is 0 Å². The summed E-state index contributed by atoms with van der Waals surface area (Å²) in [6.07, 6.45) is 3.30. The van der Waals surface area contributed by atoms with E-state index < -0.39 is 15.6 Å². The van der Waals surface area contributed by atoms with Crippen LogP contribution in [0.25, 0.3) is 0 Å². The van der Waals surface area contributed by atoms with Gasteiger partial charge in [-0.3, -0.25) is 14.6 Å². The fourth-order valence-corrected chi connectivity index (χ4v) is 6.33. The maximum Gasteiger partial charge on any atom is 0.262 e. The summed E-state index contributed by atoms with van der Waals surface area (Å²) in [4.78, 5) is 21.6. The van der Waals surface area contributed by atoms with Crippen molar-refractivity contribution in [3.8, 4) is 17.7 Å². The van der Waals surface area contributed by atoms with Gasteiger partial charge in [-0.15, -0.1) is 0 Å². The number of rotatable bonds is 5. The number of fused-ring (bicyclic) bond motifs is 4. The number of sulfonamides is 1. The number of guanidine groups is 1. The van der Waals surface area contributed by atoms with Gasteiger partial charge in [0.15, 0.2) is 0 Å². The summed E-state index contributed by atoms with van der Waals surface area (Å²) in [5, 5.41) is 7.60. The Morgan fingerprint density at radius 1 is 1.30 bits per heavy atom. The molecule has 11 nitrogen and oxygen atoms in total. The molecular formula is C25H29N7O4S. The first kappa shape index (κ1) is 24.0. The Labute approximate surface area is 215 Å². The summed E-state index contributed by atoms with van der Waals surface area (Å²) in [5.41, 5.74) is 1.22. The van der Waals surface area contributed by atoms with E-state index in [0.29, 0.717) is 54.9 Å². The van der Waals surface area contributed by atoms with Gasteiger partial charge in [-0.2, -0.15) is 5.10 Å². The third-order valence-corrected chi connectivity index (χ3v) is 8.91. The zero-order chi connectivity index (χ0) is 25.9. The molecule has 12 heteroatoms. The highest BCUT2D eigenvalue weighted by atomic mass is 32.2. The van der Waals surface area contributed by atoms with Crippen molar-refractivity contribution < 1.29 is 17.9 Å². The molecule has 1 unspecified atom stereocenters. The van der Waals surface area contributed by atoms with Gasteiger partial charge < -0.3 is 10.1 Å². The molecule has 1 saturated carbocycles. The minimum absolute atomic E-state index is 0.0783. The average molecular weight is 524 g/mol. The maximum atomic E-state index is 13.4. The van der Waals surface area contributed by atoms with Gasteiger partial charge in [-0.25, -0.2) is 22.8 Å². The highest BCUT2D eigenvalue weighted by Crippen LogP contribution is 2.38. The number of nitrogens with one attached hydrogen (secondary N) is 2. The number of carbonyl (C=O) groups is 1. The van der Waals surface area contributed by atoms with Crippen molar-refractivity contribution in [2.75, 3.05) is 31.6 Å². The third-order valence-electron chi connectivity index (χ3n) is 7.27. The fourth-order valence-electron chi connectivity index (χ4n) is 4.84. The first-order chi connectivity index (χ1) is 17.7. The second kappa shape index (κ2) is 8.58. The van der Waals surface area contributed by atoms with Crippen molar-refractivity contribution >= 4 is 27.6 Å². The number of ether oxygens (including phenoxy) is 1. The lowest BCUT2D eigenvalue weighted by Crippen LogP contribution is -2.52. The van der Waals surface area contributed by atoms with Crippen LogP contribution in [0.15, 0.2) is 34.3 Å². The molecule has 3 aliphatic heterocycles. The van der Waals surface area contributed by atoms with Crippen LogP contribution in [-0.2, 0) is 16.6 Å². The molecule has 194 valence electrons. The molecule has 1 amide bonds. The van der Waals surface area contributed by atoms with Crippen molar-refractivity contribution in [3.05, 3.63) is 35.5 Å². The molecule has 1 aromatic heterocycles. The Kier molecular flexibility index (Phi) is 5.56. The summed E-state index contributed by atoms with van der Waals surface area (Å²) in [6, 6.07) is 4.56. The zero-order valence-electron chi connectivity index (χ0n) is 21.0. The molecule has 6 rings (SSSR count). The first-order valence-corrected chi connectivity index (χ1v) is 13.9. The normalized spacial score (nSPS) is 23.3. The van der Waals surface area contributed by atoms with Crippen molar-refractivity contribution in [1.29, 1.82) is 0 Å². The first-order valence-electron chi connectivity index (χ1n) is 12.4. The number of aromatic nitrogens is 2. The van der Waals surface area contributed by atoms with Crippen LogP contribution in [0.4, 0.5) is 5.69 Å². The molecular weight excluding hydrogens is 494 g/mol. The van der Waals surface area contributed by atoms with Crippen LogP contribution in [0, 0.1) is 11.8 Å². The molecule has 4 heterocycles. The van der Waals surface area contributed by atoms with E-state index in [1.807, 2.05) is 25.8 Å². The van der Waals surface area contributed by atoms with Crippen LogP contribution < -0.4 is 19.7 Å². The van der Waals surface area contributed by atoms with Crippen molar-refractivity contribution in [1.82, 2.24) is 24.7 Å². The fraction of sp³-hybridized carbons (Fsp3) is 0.480. The summed E-state index contributed by atoms with van der Waals surface area (Å²) < 4.78 is 36.4. The Morgan fingerprint density at radius 2 is 2.11 bits per heavy atom. The molecule has 1 aliphatic carbocycles. The number of amides is 1. The Balaban J connectivity index is 1.33. The standard InChI is InChI=1S/C25H29N7O4S/c1-4-30-22(33)20-11-19(37(34,35)29-25(2)9-10-25)7-8-21(20)32-18(13-27-24(30)32)6-5-16-12-28-31-14-17(26-3)15-36-23(16)31/h7-8,11-12,17-18,26,29H,4,9-10,13-15H2,1-3H3/t17?,18-/m1/s1. The lowest BCUT2D eigenvalue weighted by Gasteiger charge is -2.37. The highest BCUT2D eigenvalue weighted by Gasteiger charge is 2.43. The van der Waals surface area contributed by atoms with Gasteiger partial charge in [0.1, 0.15) is 18.2 Å². The summed E-state index contributed by atoms with van der Waals surface area (Å²) >= 11 is 0. The molecule has 0 radical (unpaired) electrons. The second-order valence-corrected chi connectivity index (χ2v) is 11.7. The molecule has 2 N–H and O–H groups in total. The van der Waals surface area contributed by atoms with E-state index in [-0.39, 0.29) is 22.9 Å². The minimum atomic E-state index is -3.75. The third kappa shape index (κ3) is 4.07. The van der Waals surface area contributed by atoms with Crippen molar-refractivity contribution in [2.45, 2.75) is 55.8 Å². The smallest absolute Gasteiger partial charge is 0.262 e. The van der Waals surface area contributed by atoms with Gasteiger partial charge in [0, 0.05) is 12.1 Å². The quantitative estimate of drug-likeness (QED) is 0.555. The predicted octanol–water partition coefficient (Wildman–Crippen LogP) is 0.766. The number of likely N-dealkylation sites (N-methyl/N-ethyl adjacent to an activating group) is 1. The number of aliphatic imine (C=N–C) groups is 1. The van der Waals surface area contributed by atoms with Gasteiger partial charge in [0.2, 0.25) is 21.9 Å². The lowest BCUT2D eigenvalue weighted by molar-refractivity contribution is 0.0846. The van der Waals surface area contributed by atoms with Crippen LogP contribution >= 0.6 is 0 Å². The molecule has 0 saturated heterocycles. The largest absolute Gasteiger partial charge is 0.475 e. The molecule has 0 spiro atoms. The van der Waals surface area contributed by atoms with E-state index in [2.05, 4.69) is 32.0 Å². The van der Waals surface area contributed by atoms with Gasteiger partial charge in [0.05, 0.1) is 41.5 Å². The number of hydrogen-bond acceptors (Lipinski definition) is 8. The number of benzene rings is 1. The van der Waals surface area contributed by atoms with E-state index in [1.54, 1.807) is 27.9 Å². The molecule has 0 bridgehead atoms. The van der Waals surface area contributed by atoms with Crippen molar-refractivity contribution in [3.63, 3.8) is 0 Å². The van der Waals surface area contributed by atoms with Gasteiger partial charge in [0.25, 0.3) is 5.91 Å². The molecule has 37 heavy (non-hydrogen) atoms. The molecule has 2 aromatic rings. The zero-order valence-corrected chi connectivity index (χ0v) is 21.8. The van der Waals surface area contributed by atoms with E-state index in [1.165, 1.54) is 6.07 Å². The average Bonchev–Trinajstić information content (AvgIpc) is 3.27. The number of nitrogens with zero attached hydrogens (tertiary/aromatic N) is 5. The molecule has 2 atom stereocenters. The monoisotopic (exact) mass is 523 g/mol. The second-order valence-electron chi connectivity index (χ2n) is 10.0. The van der Waals surface area contributed by atoms with Crippen LogP contribution in [0.3, 0.4) is 0 Å². The minimum Gasteiger partial charge on any atom is -0.475 e. The summed E-state index contributed by atoms with van der Waals surface area (Å²) in [6.45, 7) is 5.78. The van der Waals surface area contributed by atoms with Gasteiger partial charge in [-0.05, 0) is 51.9 Å². The summed E-state index contributed by atoms with van der Waals surface area (Å²) in [7, 11) is -1.86. The van der Waals surface area contributed by atoms with E-state index >= 15 is 0 Å². The van der Waals surface area contributed by atoms with E-state index in [4.69, 9.17) is 4.74 Å². The van der Waals surface area contributed by atoms with Crippen LogP contribution in [0.5, 0.6) is 5.88 Å². The Hall–Kier alpha value is -3.40. The van der Waals surface area contributed by atoms with E-state index in [9.17, 15) is 13.2 Å². The number of anilines is 1. The topological polar surface area (TPSA) is 121 Å². The van der Waals surface area contributed by atoms with Gasteiger partial charge >= 0.3 is 0 Å². The maximum absolute atomic E-state index is 13.4. The van der Waals surface area contributed by atoms with Crippen molar-refractivity contribution in [2.24, 2.45) is 4.99 Å². The lowest BCUT2D eigenvalue weighted by atomic mass is 10.1. The molecule has 4 aliphatic rings. The molecule has 1 aromatic carbocycles. The highest BCUT2D eigenvalue weighted by molar-refractivity contribution is 7.89. The molecule has 1 fully saturated rings. The number of carbonyl (C=O) groups excluding carboxylic acids is 1. The van der Waals surface area contributed by atoms with Crippen LogP contribution in [0.1, 0.15) is 42.6 Å². The predicted molar refractivity (Wildman–Crippen MR) is 137 cm³/mol. The van der Waals surface area contributed by atoms with Crippen LogP contribution in [-0.4, -0.2) is 79.3 Å². The Morgan fingerprint density at radius 3 is 2.84 bits per heavy atom. The SMILES string of the molecule is CCN1C(=O)c2cc(S(=O)(=O)NC3(C)CC3)ccc2N2C1=NC[C@H]2C#Cc1cnn2c1OCC(NC)C2. The van der Waals surface area contributed by atoms with E-state index in [0.717, 1.165) is 12.8 Å². The Bertz CT molecular complexity index is 1480. The number of hydrogen-bond donors (Lipinski definition) is 2. The van der Waals surface area contributed by atoms with Gasteiger partial charge in [-0.1, -0.05) is 11.8 Å². The summed E-state index contributed by atoms with van der Waals surface area (Å²) in [5.74, 6) is 7.40.